The van der Waals surface area contributed by atoms with Gasteiger partial charge in [-0.15, -0.1) is 0 Å². The molecule has 0 aliphatic carbocycles. The SMILES string of the molecule is CSc1ncc(CNC(=O)c2ccc(-n3nc(C)cc3C)cc2)n1C. The van der Waals surface area contributed by atoms with Gasteiger partial charge in [0.05, 0.1) is 29.8 Å². The van der Waals surface area contributed by atoms with E-state index < -0.39 is 0 Å². The molecule has 2 aromatic heterocycles. The highest BCUT2D eigenvalue weighted by molar-refractivity contribution is 7.98. The van der Waals surface area contributed by atoms with E-state index in [1.807, 2.05) is 66.7 Å². The summed E-state index contributed by atoms with van der Waals surface area (Å²) in [5.41, 5.74) is 4.57. The predicted octanol–water partition coefficient (Wildman–Crippen LogP) is 2.87. The normalized spacial score (nSPS) is 10.9. The van der Waals surface area contributed by atoms with Crippen molar-refractivity contribution in [3.8, 4) is 5.69 Å². The van der Waals surface area contributed by atoms with Crippen LogP contribution in [0.15, 0.2) is 41.7 Å². The fraction of sp³-hybridized carbons (Fsp3) is 0.278. The molecule has 0 saturated carbocycles. The summed E-state index contributed by atoms with van der Waals surface area (Å²) in [4.78, 5) is 16.7. The van der Waals surface area contributed by atoms with Gasteiger partial charge in [-0.05, 0) is 50.4 Å². The van der Waals surface area contributed by atoms with Gasteiger partial charge in [-0.3, -0.25) is 4.79 Å². The Balaban J connectivity index is 1.68. The summed E-state index contributed by atoms with van der Waals surface area (Å²) >= 11 is 1.58. The molecule has 0 unspecified atom stereocenters. The van der Waals surface area contributed by atoms with Crippen molar-refractivity contribution >= 4 is 17.7 Å². The fourth-order valence-corrected chi connectivity index (χ4v) is 3.25. The zero-order valence-electron chi connectivity index (χ0n) is 14.8. The number of hydrogen-bond acceptors (Lipinski definition) is 4. The molecule has 0 aliphatic heterocycles. The molecule has 0 fully saturated rings. The van der Waals surface area contributed by atoms with E-state index in [1.165, 1.54) is 0 Å². The van der Waals surface area contributed by atoms with E-state index in [1.54, 1.807) is 18.0 Å². The molecule has 130 valence electrons. The standard InChI is InChI=1S/C18H21N5OS/c1-12-9-13(2)23(21-12)15-7-5-14(6-8-15)17(24)19-10-16-11-20-18(25-4)22(16)3/h5-9,11H,10H2,1-4H3,(H,19,24). The van der Waals surface area contributed by atoms with Crippen LogP contribution >= 0.6 is 11.8 Å². The summed E-state index contributed by atoms with van der Waals surface area (Å²) in [6, 6.07) is 9.47. The van der Waals surface area contributed by atoms with E-state index in [0.29, 0.717) is 12.1 Å². The molecule has 1 N–H and O–H groups in total. The number of carbonyl (C=O) groups excluding carboxylic acids is 1. The number of aromatic nitrogens is 4. The van der Waals surface area contributed by atoms with Crippen molar-refractivity contribution in [1.82, 2.24) is 24.6 Å². The van der Waals surface area contributed by atoms with E-state index in [9.17, 15) is 4.79 Å². The number of aryl methyl sites for hydroxylation is 2. The van der Waals surface area contributed by atoms with Crippen LogP contribution in [0.2, 0.25) is 0 Å². The maximum absolute atomic E-state index is 12.4. The Kier molecular flexibility index (Phi) is 4.94. The minimum atomic E-state index is -0.105. The van der Waals surface area contributed by atoms with Crippen LogP contribution < -0.4 is 5.32 Å². The fourth-order valence-electron chi connectivity index (χ4n) is 2.70. The van der Waals surface area contributed by atoms with Crippen molar-refractivity contribution in [2.24, 2.45) is 7.05 Å². The lowest BCUT2D eigenvalue weighted by molar-refractivity contribution is 0.0950. The van der Waals surface area contributed by atoms with Crippen LogP contribution in [-0.4, -0.2) is 31.5 Å². The quantitative estimate of drug-likeness (QED) is 0.715. The summed E-state index contributed by atoms with van der Waals surface area (Å²) in [7, 11) is 1.95. The first-order valence-electron chi connectivity index (χ1n) is 7.96. The van der Waals surface area contributed by atoms with Crippen molar-refractivity contribution in [2.45, 2.75) is 25.5 Å². The van der Waals surface area contributed by atoms with Crippen LogP contribution in [0.3, 0.4) is 0 Å². The Bertz CT molecular complexity index is 895. The molecule has 0 aliphatic rings. The first kappa shape index (κ1) is 17.3. The highest BCUT2D eigenvalue weighted by Gasteiger charge is 2.10. The van der Waals surface area contributed by atoms with Crippen LogP contribution in [0.5, 0.6) is 0 Å². The summed E-state index contributed by atoms with van der Waals surface area (Å²) in [5.74, 6) is -0.105. The molecule has 0 bridgehead atoms. The third-order valence-corrected chi connectivity index (χ3v) is 4.78. The van der Waals surface area contributed by atoms with Gasteiger partial charge in [-0.2, -0.15) is 5.10 Å². The number of hydrogen-bond donors (Lipinski definition) is 1. The van der Waals surface area contributed by atoms with Crippen molar-refractivity contribution in [3.63, 3.8) is 0 Å². The van der Waals surface area contributed by atoms with Crippen LogP contribution in [0.4, 0.5) is 0 Å². The Labute approximate surface area is 151 Å². The van der Waals surface area contributed by atoms with Crippen LogP contribution in [0.1, 0.15) is 27.4 Å². The van der Waals surface area contributed by atoms with Gasteiger partial charge >= 0.3 is 0 Å². The lowest BCUT2D eigenvalue weighted by atomic mass is 10.2. The Hall–Kier alpha value is -2.54. The molecule has 0 radical (unpaired) electrons. The molecule has 0 saturated heterocycles. The molecule has 3 aromatic rings. The number of benzene rings is 1. The third kappa shape index (κ3) is 3.61. The van der Waals surface area contributed by atoms with Crippen LogP contribution in [0, 0.1) is 13.8 Å². The average Bonchev–Trinajstić information content (AvgIpc) is 3.14. The zero-order valence-corrected chi connectivity index (χ0v) is 15.6. The summed E-state index contributed by atoms with van der Waals surface area (Å²) in [5, 5.41) is 8.32. The molecular weight excluding hydrogens is 334 g/mol. The summed E-state index contributed by atoms with van der Waals surface area (Å²) in [6.07, 6.45) is 3.77. The average molecular weight is 355 g/mol. The Morgan fingerprint density at radius 1 is 1.24 bits per heavy atom. The first-order valence-corrected chi connectivity index (χ1v) is 9.18. The number of imidazole rings is 1. The van der Waals surface area contributed by atoms with E-state index in [2.05, 4.69) is 15.4 Å². The molecule has 7 heteroatoms. The first-order chi connectivity index (χ1) is 12.0. The Morgan fingerprint density at radius 3 is 2.52 bits per heavy atom. The monoisotopic (exact) mass is 355 g/mol. The third-order valence-electron chi connectivity index (χ3n) is 4.04. The van der Waals surface area contributed by atoms with Gasteiger partial charge in [0, 0.05) is 18.3 Å². The van der Waals surface area contributed by atoms with Crippen molar-refractivity contribution in [2.75, 3.05) is 6.26 Å². The van der Waals surface area contributed by atoms with E-state index in [-0.39, 0.29) is 5.91 Å². The van der Waals surface area contributed by atoms with Crippen molar-refractivity contribution < 1.29 is 4.79 Å². The van der Waals surface area contributed by atoms with Crippen LogP contribution in [0.25, 0.3) is 5.69 Å². The van der Waals surface area contributed by atoms with E-state index in [4.69, 9.17) is 0 Å². The van der Waals surface area contributed by atoms with Gasteiger partial charge in [0.15, 0.2) is 5.16 Å². The van der Waals surface area contributed by atoms with Crippen LogP contribution in [-0.2, 0) is 13.6 Å². The number of thioether (sulfide) groups is 1. The van der Waals surface area contributed by atoms with Gasteiger partial charge in [-0.25, -0.2) is 9.67 Å². The minimum absolute atomic E-state index is 0.105. The predicted molar refractivity (Wildman–Crippen MR) is 99.2 cm³/mol. The second kappa shape index (κ2) is 7.14. The molecule has 2 heterocycles. The maximum Gasteiger partial charge on any atom is 0.251 e. The lowest BCUT2D eigenvalue weighted by Gasteiger charge is -2.08. The molecular formula is C18H21N5OS. The largest absolute Gasteiger partial charge is 0.346 e. The zero-order chi connectivity index (χ0) is 18.0. The molecule has 25 heavy (non-hydrogen) atoms. The number of carbonyl (C=O) groups is 1. The van der Waals surface area contributed by atoms with E-state index >= 15 is 0 Å². The second-order valence-electron chi connectivity index (χ2n) is 5.86. The highest BCUT2D eigenvalue weighted by Crippen LogP contribution is 2.15. The second-order valence-corrected chi connectivity index (χ2v) is 6.64. The summed E-state index contributed by atoms with van der Waals surface area (Å²) in [6.45, 7) is 4.42. The van der Waals surface area contributed by atoms with E-state index in [0.717, 1.165) is 27.9 Å². The number of rotatable bonds is 5. The molecule has 6 nitrogen and oxygen atoms in total. The molecule has 3 rings (SSSR count). The van der Waals surface area contributed by atoms with Gasteiger partial charge < -0.3 is 9.88 Å². The van der Waals surface area contributed by atoms with Gasteiger partial charge in [-0.1, -0.05) is 11.8 Å². The van der Waals surface area contributed by atoms with Crippen molar-refractivity contribution in [1.29, 1.82) is 0 Å². The number of nitrogens with zero attached hydrogens (tertiary/aromatic N) is 4. The smallest absolute Gasteiger partial charge is 0.251 e. The number of amides is 1. The minimum Gasteiger partial charge on any atom is -0.346 e. The summed E-state index contributed by atoms with van der Waals surface area (Å²) < 4.78 is 3.85. The highest BCUT2D eigenvalue weighted by atomic mass is 32.2. The topological polar surface area (TPSA) is 64.7 Å². The number of nitrogens with one attached hydrogen (secondary N) is 1. The van der Waals surface area contributed by atoms with Crippen molar-refractivity contribution in [3.05, 3.63) is 59.2 Å². The maximum atomic E-state index is 12.4. The Morgan fingerprint density at radius 2 is 1.96 bits per heavy atom. The molecule has 0 spiro atoms. The lowest BCUT2D eigenvalue weighted by Crippen LogP contribution is -2.24. The van der Waals surface area contributed by atoms with Gasteiger partial charge in [0.1, 0.15) is 0 Å². The molecule has 1 aromatic carbocycles. The molecule has 1 amide bonds. The van der Waals surface area contributed by atoms with Gasteiger partial charge in [0.25, 0.3) is 5.91 Å². The van der Waals surface area contributed by atoms with Gasteiger partial charge in [0.2, 0.25) is 0 Å². The molecule has 0 atom stereocenters.